The molecule has 0 saturated carbocycles. The van der Waals surface area contributed by atoms with Gasteiger partial charge in [0.25, 0.3) is 5.91 Å². The van der Waals surface area contributed by atoms with Gasteiger partial charge in [0.1, 0.15) is 17.3 Å². The van der Waals surface area contributed by atoms with Crippen molar-refractivity contribution in [3.8, 4) is 17.1 Å². The van der Waals surface area contributed by atoms with Gasteiger partial charge in [-0.2, -0.15) is 0 Å². The number of nitrogens with zero attached hydrogens (tertiary/aromatic N) is 2. The summed E-state index contributed by atoms with van der Waals surface area (Å²) in [5.74, 6) is 1.21. The number of amides is 1. The van der Waals surface area contributed by atoms with Crippen molar-refractivity contribution in [2.24, 2.45) is 0 Å². The molecule has 1 amide bonds. The maximum atomic E-state index is 13.0. The van der Waals surface area contributed by atoms with Crippen LogP contribution in [0.3, 0.4) is 0 Å². The van der Waals surface area contributed by atoms with Gasteiger partial charge in [0, 0.05) is 17.3 Å². The zero-order valence-electron chi connectivity index (χ0n) is 16.4. The lowest BCUT2D eigenvalue weighted by Gasteiger charge is -2.12. The number of rotatable bonds is 6. The van der Waals surface area contributed by atoms with E-state index in [9.17, 15) is 4.79 Å². The van der Waals surface area contributed by atoms with Crippen molar-refractivity contribution in [3.05, 3.63) is 96.7 Å². The van der Waals surface area contributed by atoms with Gasteiger partial charge >= 0.3 is 0 Å². The van der Waals surface area contributed by atoms with Crippen LogP contribution in [0.2, 0.25) is 0 Å². The van der Waals surface area contributed by atoms with Crippen LogP contribution in [0.15, 0.2) is 91.0 Å². The number of methoxy groups -OCH3 is 1. The summed E-state index contributed by atoms with van der Waals surface area (Å²) in [5, 5.41) is 6.11. The standard InChI is InChI=1S/C24H20N4O2/c1-30-21-15-9-8-14-19(21)27-24(29)20-16-22(25-18-12-6-3-7-13-18)28-23(26-20)17-10-4-2-5-11-17/h2-16H,1H3,(H,27,29)(H,25,26,28). The first-order chi connectivity index (χ1) is 14.7. The van der Waals surface area contributed by atoms with E-state index in [1.54, 1.807) is 25.3 Å². The first-order valence-corrected chi connectivity index (χ1v) is 9.44. The van der Waals surface area contributed by atoms with E-state index in [4.69, 9.17) is 4.74 Å². The minimum atomic E-state index is -0.352. The van der Waals surface area contributed by atoms with E-state index in [0.717, 1.165) is 11.3 Å². The summed E-state index contributed by atoms with van der Waals surface area (Å²) in [6.07, 6.45) is 0. The molecule has 0 aliphatic rings. The fraction of sp³-hybridized carbons (Fsp3) is 0.0417. The fourth-order valence-corrected chi connectivity index (χ4v) is 2.95. The lowest BCUT2D eigenvalue weighted by molar-refractivity contribution is 0.102. The van der Waals surface area contributed by atoms with Gasteiger partial charge in [-0.1, -0.05) is 60.7 Å². The Bertz CT molecular complexity index is 1150. The summed E-state index contributed by atoms with van der Waals surface area (Å²) in [6.45, 7) is 0. The zero-order chi connectivity index (χ0) is 20.8. The van der Waals surface area contributed by atoms with E-state index in [1.165, 1.54) is 0 Å². The lowest BCUT2D eigenvalue weighted by atomic mass is 10.2. The second kappa shape index (κ2) is 8.87. The summed E-state index contributed by atoms with van der Waals surface area (Å²) in [4.78, 5) is 22.1. The van der Waals surface area contributed by atoms with Gasteiger partial charge in [0.15, 0.2) is 5.82 Å². The molecule has 0 aliphatic heterocycles. The van der Waals surface area contributed by atoms with Crippen molar-refractivity contribution in [3.63, 3.8) is 0 Å². The van der Waals surface area contributed by atoms with Gasteiger partial charge in [0.05, 0.1) is 12.8 Å². The Labute approximate surface area is 174 Å². The quantitative estimate of drug-likeness (QED) is 0.471. The Morgan fingerprint density at radius 2 is 1.50 bits per heavy atom. The average molecular weight is 396 g/mol. The minimum Gasteiger partial charge on any atom is -0.495 e. The summed E-state index contributed by atoms with van der Waals surface area (Å²) < 4.78 is 5.32. The van der Waals surface area contributed by atoms with E-state index in [2.05, 4.69) is 20.6 Å². The third-order valence-electron chi connectivity index (χ3n) is 4.39. The van der Waals surface area contributed by atoms with Crippen LogP contribution in [0.25, 0.3) is 11.4 Å². The van der Waals surface area contributed by atoms with Crippen molar-refractivity contribution in [1.82, 2.24) is 9.97 Å². The van der Waals surface area contributed by atoms with Gasteiger partial charge in [-0.25, -0.2) is 9.97 Å². The lowest BCUT2D eigenvalue weighted by Crippen LogP contribution is -2.16. The van der Waals surface area contributed by atoms with Crippen molar-refractivity contribution < 1.29 is 9.53 Å². The third kappa shape index (κ3) is 4.44. The molecule has 1 aromatic heterocycles. The van der Waals surface area contributed by atoms with Crippen molar-refractivity contribution in [1.29, 1.82) is 0 Å². The van der Waals surface area contributed by atoms with Crippen LogP contribution in [-0.4, -0.2) is 23.0 Å². The van der Waals surface area contributed by atoms with Gasteiger partial charge in [-0.3, -0.25) is 4.79 Å². The predicted octanol–water partition coefficient (Wildman–Crippen LogP) is 5.15. The molecular formula is C24H20N4O2. The van der Waals surface area contributed by atoms with Crippen LogP contribution >= 0.6 is 0 Å². The molecule has 0 saturated heterocycles. The highest BCUT2D eigenvalue weighted by atomic mass is 16.5. The van der Waals surface area contributed by atoms with Gasteiger partial charge < -0.3 is 15.4 Å². The number of benzene rings is 3. The first-order valence-electron chi connectivity index (χ1n) is 9.44. The van der Waals surface area contributed by atoms with Crippen LogP contribution in [-0.2, 0) is 0 Å². The Morgan fingerprint density at radius 1 is 0.833 bits per heavy atom. The zero-order valence-corrected chi connectivity index (χ0v) is 16.4. The highest BCUT2D eigenvalue weighted by Gasteiger charge is 2.15. The third-order valence-corrected chi connectivity index (χ3v) is 4.39. The molecule has 0 aliphatic carbocycles. The normalized spacial score (nSPS) is 10.3. The van der Waals surface area contributed by atoms with Crippen LogP contribution in [0.5, 0.6) is 5.75 Å². The monoisotopic (exact) mass is 396 g/mol. The smallest absolute Gasteiger partial charge is 0.274 e. The molecule has 0 atom stereocenters. The number of hydrogen-bond acceptors (Lipinski definition) is 5. The highest BCUT2D eigenvalue weighted by molar-refractivity contribution is 6.04. The van der Waals surface area contributed by atoms with E-state index < -0.39 is 0 Å². The second-order valence-electron chi connectivity index (χ2n) is 6.47. The van der Waals surface area contributed by atoms with E-state index in [-0.39, 0.29) is 11.6 Å². The minimum absolute atomic E-state index is 0.244. The molecule has 3 aromatic carbocycles. The second-order valence-corrected chi connectivity index (χ2v) is 6.47. The Balaban J connectivity index is 1.70. The Hall–Kier alpha value is -4.19. The molecule has 30 heavy (non-hydrogen) atoms. The maximum absolute atomic E-state index is 13.0. The average Bonchev–Trinajstić information content (AvgIpc) is 2.80. The van der Waals surface area contributed by atoms with Crippen LogP contribution in [0.1, 0.15) is 10.5 Å². The molecule has 4 rings (SSSR count). The number of para-hydroxylation sites is 3. The van der Waals surface area contributed by atoms with E-state index in [1.807, 2.05) is 72.8 Å². The van der Waals surface area contributed by atoms with Crippen LogP contribution in [0, 0.1) is 0 Å². The molecule has 0 unspecified atom stereocenters. The first kappa shape index (κ1) is 19.1. The molecular weight excluding hydrogens is 376 g/mol. The number of nitrogens with one attached hydrogen (secondary N) is 2. The molecule has 4 aromatic rings. The van der Waals surface area contributed by atoms with Crippen LogP contribution < -0.4 is 15.4 Å². The molecule has 0 fully saturated rings. The summed E-state index contributed by atoms with van der Waals surface area (Å²) >= 11 is 0. The molecule has 0 radical (unpaired) electrons. The van der Waals surface area contributed by atoms with Gasteiger partial charge in [-0.05, 0) is 24.3 Å². The van der Waals surface area contributed by atoms with Gasteiger partial charge in [0.2, 0.25) is 0 Å². The number of anilines is 3. The Kier molecular flexibility index (Phi) is 5.66. The summed E-state index contributed by atoms with van der Waals surface area (Å²) in [7, 11) is 1.56. The highest BCUT2D eigenvalue weighted by Crippen LogP contribution is 2.25. The largest absolute Gasteiger partial charge is 0.495 e. The van der Waals surface area contributed by atoms with Crippen molar-refractivity contribution in [2.75, 3.05) is 17.7 Å². The number of aromatic nitrogens is 2. The topological polar surface area (TPSA) is 76.1 Å². The van der Waals surface area contributed by atoms with Crippen molar-refractivity contribution >= 4 is 23.1 Å². The Morgan fingerprint density at radius 3 is 2.23 bits per heavy atom. The number of ether oxygens (including phenoxy) is 1. The SMILES string of the molecule is COc1ccccc1NC(=O)c1cc(Nc2ccccc2)nc(-c2ccccc2)n1. The molecule has 1 heterocycles. The maximum Gasteiger partial charge on any atom is 0.274 e. The van der Waals surface area contributed by atoms with Crippen molar-refractivity contribution in [2.45, 2.75) is 0 Å². The summed E-state index contributed by atoms with van der Waals surface area (Å²) in [6, 6.07) is 28.1. The van der Waals surface area contributed by atoms with E-state index >= 15 is 0 Å². The number of carbonyl (C=O) groups excluding carboxylic acids is 1. The van der Waals surface area contributed by atoms with Crippen LogP contribution in [0.4, 0.5) is 17.2 Å². The van der Waals surface area contributed by atoms with E-state index in [0.29, 0.717) is 23.1 Å². The molecule has 2 N–H and O–H groups in total. The predicted molar refractivity (Wildman–Crippen MR) is 118 cm³/mol. The molecule has 0 spiro atoms. The molecule has 6 heteroatoms. The molecule has 6 nitrogen and oxygen atoms in total. The van der Waals surface area contributed by atoms with Gasteiger partial charge in [-0.15, -0.1) is 0 Å². The summed E-state index contributed by atoms with van der Waals surface area (Å²) in [5.41, 5.74) is 2.50. The molecule has 148 valence electrons. The number of hydrogen-bond donors (Lipinski definition) is 2. The molecule has 0 bridgehead atoms. The fourth-order valence-electron chi connectivity index (χ4n) is 2.95. The number of carbonyl (C=O) groups is 1.